The quantitative estimate of drug-likeness (QED) is 0.537. The molecule has 1 aromatic rings. The number of hydrogen-bond acceptors (Lipinski definition) is 5. The Balaban J connectivity index is 2.71. The highest BCUT2D eigenvalue weighted by molar-refractivity contribution is 5.96. The number of amides is 1. The molecule has 0 bridgehead atoms. The third kappa shape index (κ3) is 4.76. The molecule has 0 fully saturated rings. The van der Waals surface area contributed by atoms with Gasteiger partial charge < -0.3 is 26.2 Å². The fourth-order valence-electron chi connectivity index (χ4n) is 1.59. The van der Waals surface area contributed by atoms with Crippen molar-refractivity contribution in [1.82, 2.24) is 5.32 Å². The molecule has 5 N–H and O–H groups in total. The molecule has 0 aliphatic carbocycles. The molecule has 0 saturated heterocycles. The Bertz CT molecular complexity index is 424. The minimum atomic E-state index is -0.627. The van der Waals surface area contributed by atoms with Crippen LogP contribution in [0.2, 0.25) is 0 Å². The number of benzene rings is 1. The highest BCUT2D eigenvalue weighted by atomic mass is 16.5. The molecule has 6 nitrogen and oxygen atoms in total. The molecule has 0 heterocycles. The van der Waals surface area contributed by atoms with Gasteiger partial charge in [-0.2, -0.15) is 0 Å². The number of rotatable bonds is 7. The van der Waals surface area contributed by atoms with Crippen molar-refractivity contribution in [2.45, 2.75) is 13.0 Å². The van der Waals surface area contributed by atoms with E-state index in [0.29, 0.717) is 30.0 Å². The third-order valence-electron chi connectivity index (χ3n) is 2.54. The molecule has 1 atom stereocenters. The maximum atomic E-state index is 11.7. The number of carbonyl (C=O) groups excluding carboxylic acids is 1. The van der Waals surface area contributed by atoms with Crippen molar-refractivity contribution in [3.05, 3.63) is 23.8 Å². The summed E-state index contributed by atoms with van der Waals surface area (Å²) < 4.78 is 4.83. The minimum absolute atomic E-state index is 0.150. The lowest BCUT2D eigenvalue weighted by atomic mass is 10.1. The summed E-state index contributed by atoms with van der Waals surface area (Å²) in [6.07, 6.45) is -0.627. The number of ether oxygens (including phenoxy) is 1. The van der Waals surface area contributed by atoms with Crippen molar-refractivity contribution < 1.29 is 14.6 Å². The Morgan fingerprint density at radius 2 is 2.26 bits per heavy atom. The molecule has 0 saturated carbocycles. The summed E-state index contributed by atoms with van der Waals surface area (Å²) in [5.41, 5.74) is 7.49. The minimum Gasteiger partial charge on any atom is -0.397 e. The van der Waals surface area contributed by atoms with E-state index in [4.69, 9.17) is 10.5 Å². The van der Waals surface area contributed by atoms with Crippen LogP contribution in [-0.2, 0) is 4.74 Å². The molecule has 0 aromatic heterocycles. The summed E-state index contributed by atoms with van der Waals surface area (Å²) in [5, 5.41) is 15.3. The van der Waals surface area contributed by atoms with Crippen LogP contribution in [0.25, 0.3) is 0 Å². The van der Waals surface area contributed by atoms with E-state index in [1.165, 1.54) is 7.11 Å². The van der Waals surface area contributed by atoms with Crippen LogP contribution >= 0.6 is 0 Å². The van der Waals surface area contributed by atoms with E-state index in [1.54, 1.807) is 18.2 Å². The standard InChI is InChI=1S/C13H21N3O3/c1-3-15-13(18)9-4-5-11(14)12(6-9)16-7-10(17)8-19-2/h4-6,10,16-17H,3,7-8,14H2,1-2H3,(H,15,18). The molecule has 0 spiro atoms. The van der Waals surface area contributed by atoms with Gasteiger partial charge >= 0.3 is 0 Å². The largest absolute Gasteiger partial charge is 0.397 e. The topological polar surface area (TPSA) is 96.6 Å². The Labute approximate surface area is 112 Å². The van der Waals surface area contributed by atoms with Gasteiger partial charge in [0.05, 0.1) is 24.1 Å². The summed E-state index contributed by atoms with van der Waals surface area (Å²) >= 11 is 0. The second kappa shape index (κ2) is 7.60. The molecule has 1 amide bonds. The second-order valence-electron chi connectivity index (χ2n) is 4.15. The first-order valence-corrected chi connectivity index (χ1v) is 6.17. The van der Waals surface area contributed by atoms with Crippen LogP contribution < -0.4 is 16.4 Å². The highest BCUT2D eigenvalue weighted by Gasteiger charge is 2.09. The van der Waals surface area contributed by atoms with Crippen LogP contribution in [0.3, 0.4) is 0 Å². The first-order valence-electron chi connectivity index (χ1n) is 6.17. The van der Waals surface area contributed by atoms with Gasteiger partial charge in [-0.15, -0.1) is 0 Å². The summed E-state index contributed by atoms with van der Waals surface area (Å²) in [5.74, 6) is -0.150. The Morgan fingerprint density at radius 1 is 1.53 bits per heavy atom. The molecule has 0 aliphatic rings. The number of nitrogens with one attached hydrogen (secondary N) is 2. The number of nitrogen functional groups attached to an aromatic ring is 1. The number of aliphatic hydroxyl groups is 1. The molecule has 0 radical (unpaired) electrons. The predicted molar refractivity (Wildman–Crippen MR) is 75.2 cm³/mol. The van der Waals surface area contributed by atoms with Crippen molar-refractivity contribution in [2.75, 3.05) is 37.9 Å². The van der Waals surface area contributed by atoms with Gasteiger partial charge in [-0.25, -0.2) is 0 Å². The summed E-state index contributed by atoms with van der Waals surface area (Å²) in [6.45, 7) is 2.97. The van der Waals surface area contributed by atoms with Gasteiger partial charge in [0.1, 0.15) is 0 Å². The van der Waals surface area contributed by atoms with Crippen LogP contribution in [0.15, 0.2) is 18.2 Å². The van der Waals surface area contributed by atoms with Crippen molar-refractivity contribution in [3.8, 4) is 0 Å². The lowest BCUT2D eigenvalue weighted by molar-refractivity contribution is 0.0728. The lowest BCUT2D eigenvalue weighted by Gasteiger charge is -2.14. The molecule has 106 valence electrons. The van der Waals surface area contributed by atoms with Gasteiger partial charge in [0, 0.05) is 25.8 Å². The maximum absolute atomic E-state index is 11.7. The number of carbonyl (C=O) groups is 1. The SMILES string of the molecule is CCNC(=O)c1ccc(N)c(NCC(O)COC)c1. The fourth-order valence-corrected chi connectivity index (χ4v) is 1.59. The van der Waals surface area contributed by atoms with Crippen molar-refractivity contribution in [3.63, 3.8) is 0 Å². The summed E-state index contributed by atoms with van der Waals surface area (Å²) in [4.78, 5) is 11.7. The molecular weight excluding hydrogens is 246 g/mol. The lowest BCUT2D eigenvalue weighted by Crippen LogP contribution is -2.25. The number of anilines is 2. The summed E-state index contributed by atoms with van der Waals surface area (Å²) in [6, 6.07) is 4.99. The van der Waals surface area contributed by atoms with E-state index >= 15 is 0 Å². The van der Waals surface area contributed by atoms with Crippen molar-refractivity contribution >= 4 is 17.3 Å². The number of methoxy groups -OCH3 is 1. The molecule has 1 rings (SSSR count). The average molecular weight is 267 g/mol. The average Bonchev–Trinajstić information content (AvgIpc) is 2.38. The maximum Gasteiger partial charge on any atom is 0.251 e. The first kappa shape index (κ1) is 15.3. The van der Waals surface area contributed by atoms with Gasteiger partial charge in [-0.1, -0.05) is 0 Å². The van der Waals surface area contributed by atoms with E-state index in [-0.39, 0.29) is 12.5 Å². The number of hydrogen-bond donors (Lipinski definition) is 4. The van der Waals surface area contributed by atoms with Crippen LogP contribution in [0, 0.1) is 0 Å². The van der Waals surface area contributed by atoms with E-state index in [9.17, 15) is 9.90 Å². The van der Waals surface area contributed by atoms with Crippen molar-refractivity contribution in [1.29, 1.82) is 0 Å². The normalized spacial score (nSPS) is 11.9. The summed E-state index contributed by atoms with van der Waals surface area (Å²) in [7, 11) is 1.52. The van der Waals surface area contributed by atoms with E-state index < -0.39 is 6.10 Å². The fraction of sp³-hybridized carbons (Fsp3) is 0.462. The molecular formula is C13H21N3O3. The molecule has 6 heteroatoms. The number of aliphatic hydroxyl groups excluding tert-OH is 1. The first-order chi connectivity index (χ1) is 9.08. The van der Waals surface area contributed by atoms with Crippen LogP contribution in [-0.4, -0.2) is 43.9 Å². The molecule has 1 unspecified atom stereocenters. The van der Waals surface area contributed by atoms with Crippen LogP contribution in [0.4, 0.5) is 11.4 Å². The Morgan fingerprint density at radius 3 is 2.89 bits per heavy atom. The van der Waals surface area contributed by atoms with Gasteiger partial charge in [-0.3, -0.25) is 4.79 Å². The van der Waals surface area contributed by atoms with Crippen LogP contribution in [0.5, 0.6) is 0 Å². The van der Waals surface area contributed by atoms with Crippen molar-refractivity contribution in [2.24, 2.45) is 0 Å². The smallest absolute Gasteiger partial charge is 0.251 e. The number of nitrogens with two attached hydrogens (primary N) is 1. The van der Waals surface area contributed by atoms with E-state index in [2.05, 4.69) is 10.6 Å². The Hall–Kier alpha value is -1.79. The van der Waals surface area contributed by atoms with Gasteiger partial charge in [0.25, 0.3) is 5.91 Å². The van der Waals surface area contributed by atoms with Crippen LogP contribution in [0.1, 0.15) is 17.3 Å². The second-order valence-corrected chi connectivity index (χ2v) is 4.15. The van der Waals surface area contributed by atoms with Gasteiger partial charge in [0.15, 0.2) is 0 Å². The highest BCUT2D eigenvalue weighted by Crippen LogP contribution is 2.20. The van der Waals surface area contributed by atoms with E-state index in [0.717, 1.165) is 0 Å². The monoisotopic (exact) mass is 267 g/mol. The van der Waals surface area contributed by atoms with Gasteiger partial charge in [-0.05, 0) is 25.1 Å². The predicted octanol–water partition coefficient (Wildman–Crippen LogP) is 0.438. The van der Waals surface area contributed by atoms with Gasteiger partial charge in [0.2, 0.25) is 0 Å². The van der Waals surface area contributed by atoms with E-state index in [1.807, 2.05) is 6.92 Å². The molecule has 1 aromatic carbocycles. The zero-order valence-corrected chi connectivity index (χ0v) is 11.3. The molecule has 19 heavy (non-hydrogen) atoms. The Kier molecular flexibility index (Phi) is 6.11. The zero-order chi connectivity index (χ0) is 14.3. The third-order valence-corrected chi connectivity index (χ3v) is 2.54. The molecule has 0 aliphatic heterocycles. The zero-order valence-electron chi connectivity index (χ0n) is 11.3.